The quantitative estimate of drug-likeness (QED) is 0.474. The van der Waals surface area contributed by atoms with Gasteiger partial charge in [0.2, 0.25) is 0 Å². The molecule has 0 aliphatic carbocycles. The van der Waals surface area contributed by atoms with Crippen LogP contribution in [0.25, 0.3) is 0 Å². The van der Waals surface area contributed by atoms with Crippen LogP contribution in [0.15, 0.2) is 12.7 Å². The van der Waals surface area contributed by atoms with Crippen LogP contribution in [0.4, 0.5) is 0 Å². The number of hydrogen-bond donors (Lipinski definition) is 0. The molecule has 0 aromatic rings. The second kappa shape index (κ2) is 3.91. The van der Waals surface area contributed by atoms with E-state index >= 15 is 0 Å². The van der Waals surface area contributed by atoms with Crippen LogP contribution in [-0.4, -0.2) is 0 Å². The van der Waals surface area contributed by atoms with Crippen LogP contribution in [0.2, 0.25) is 0 Å². The summed E-state index contributed by atoms with van der Waals surface area (Å²) in [5, 5.41) is 0. The van der Waals surface area contributed by atoms with Crippen LogP contribution in [-0.2, 0) is 0 Å². The Kier molecular flexibility index (Phi) is 3.77. The van der Waals surface area contributed by atoms with Gasteiger partial charge in [0.25, 0.3) is 0 Å². The summed E-state index contributed by atoms with van der Waals surface area (Å²) in [4.78, 5) is 0. The van der Waals surface area contributed by atoms with Gasteiger partial charge in [0.05, 0.1) is 0 Å². The van der Waals surface area contributed by atoms with Crippen molar-refractivity contribution >= 4 is 0 Å². The predicted molar refractivity (Wildman–Crippen MR) is 34.0 cm³/mol. The third-order valence-electron chi connectivity index (χ3n) is 1.01. The van der Waals surface area contributed by atoms with Crippen molar-refractivity contribution in [2.24, 2.45) is 5.92 Å². The van der Waals surface area contributed by atoms with E-state index in [1.54, 1.807) is 0 Å². The molecule has 1 atom stereocenters. The molecule has 0 aromatic carbocycles. The number of hydrogen-bond acceptors (Lipinski definition) is 0. The average Bonchev–Trinajstić information content (AvgIpc) is 1.68. The monoisotopic (exact) mass is 97.1 g/mol. The molecule has 0 spiro atoms. The van der Waals surface area contributed by atoms with Gasteiger partial charge in [-0.3, -0.25) is 0 Å². The van der Waals surface area contributed by atoms with Crippen LogP contribution in [0.3, 0.4) is 0 Å². The molecule has 0 aliphatic heterocycles. The summed E-state index contributed by atoms with van der Waals surface area (Å²) in [6.45, 7) is 7.89. The van der Waals surface area contributed by atoms with Gasteiger partial charge in [-0.15, -0.1) is 6.58 Å². The maximum Gasteiger partial charge on any atom is -0.0262 e. The normalized spacial score (nSPS) is 13.4. The summed E-state index contributed by atoms with van der Waals surface area (Å²) < 4.78 is 0. The number of rotatable bonds is 3. The molecule has 0 N–H and O–H groups in total. The molecule has 0 fully saturated rings. The zero-order valence-electron chi connectivity index (χ0n) is 5.15. The Labute approximate surface area is 46.2 Å². The Morgan fingerprint density at radius 2 is 2.29 bits per heavy atom. The lowest BCUT2D eigenvalue weighted by Gasteiger charge is -1.98. The molecule has 0 rings (SSSR count). The van der Waals surface area contributed by atoms with Gasteiger partial charge in [0, 0.05) is 0 Å². The zero-order chi connectivity index (χ0) is 5.70. The van der Waals surface area contributed by atoms with Gasteiger partial charge < -0.3 is 0 Å². The lowest BCUT2D eigenvalue weighted by molar-refractivity contribution is 0.714. The first-order valence-corrected chi connectivity index (χ1v) is 2.71. The van der Waals surface area contributed by atoms with Crippen molar-refractivity contribution in [2.75, 3.05) is 0 Å². The second-order valence-electron chi connectivity index (χ2n) is 1.86. The van der Waals surface area contributed by atoms with Crippen LogP contribution in [0.5, 0.6) is 0 Å². The van der Waals surface area contributed by atoms with Gasteiger partial charge in [0.15, 0.2) is 0 Å². The lowest BCUT2D eigenvalue weighted by Crippen LogP contribution is -1.85. The first kappa shape index (κ1) is 6.74. The summed E-state index contributed by atoms with van der Waals surface area (Å²) in [6, 6.07) is 0. The molecular weight excluding hydrogens is 84.1 g/mol. The minimum Gasteiger partial charge on any atom is -0.103 e. The standard InChI is InChI=1S/C7H13/c1-4-6-7(3)5-2/h4-5,7H,2,6H2,1,3H3. The molecule has 0 amide bonds. The molecule has 0 heterocycles. The minimum absolute atomic E-state index is 0.657. The van der Waals surface area contributed by atoms with Gasteiger partial charge >= 0.3 is 0 Å². The van der Waals surface area contributed by atoms with Crippen molar-refractivity contribution in [1.82, 2.24) is 0 Å². The highest BCUT2D eigenvalue weighted by atomic mass is 13.9. The van der Waals surface area contributed by atoms with Crippen LogP contribution in [0.1, 0.15) is 20.3 Å². The second-order valence-corrected chi connectivity index (χ2v) is 1.86. The zero-order valence-corrected chi connectivity index (χ0v) is 5.15. The fraction of sp³-hybridized carbons (Fsp3) is 0.571. The van der Waals surface area contributed by atoms with Crippen LogP contribution in [0, 0.1) is 12.3 Å². The summed E-state index contributed by atoms with van der Waals surface area (Å²) in [5.41, 5.74) is 0. The van der Waals surface area contributed by atoms with E-state index in [1.165, 1.54) is 0 Å². The molecule has 1 unspecified atom stereocenters. The highest BCUT2D eigenvalue weighted by Crippen LogP contribution is 2.02. The highest BCUT2D eigenvalue weighted by molar-refractivity contribution is 4.78. The highest BCUT2D eigenvalue weighted by Gasteiger charge is 1.89. The molecule has 0 saturated heterocycles. The van der Waals surface area contributed by atoms with Crippen molar-refractivity contribution < 1.29 is 0 Å². The van der Waals surface area contributed by atoms with Gasteiger partial charge in [0.1, 0.15) is 0 Å². The molecule has 0 nitrogen and oxygen atoms in total. The van der Waals surface area contributed by atoms with E-state index in [4.69, 9.17) is 0 Å². The van der Waals surface area contributed by atoms with Gasteiger partial charge in [-0.2, -0.15) is 0 Å². The fourth-order valence-corrected chi connectivity index (χ4v) is 0.468. The molecule has 1 radical (unpaired) electrons. The SMILES string of the molecule is C=CC(C)C[CH]C. The number of allylic oxidation sites excluding steroid dienone is 1. The molecule has 0 aromatic heterocycles. The van der Waals surface area contributed by atoms with Crippen molar-refractivity contribution in [3.8, 4) is 0 Å². The van der Waals surface area contributed by atoms with E-state index in [0.29, 0.717) is 5.92 Å². The third kappa shape index (κ3) is 3.57. The fourth-order valence-electron chi connectivity index (χ4n) is 0.468. The predicted octanol–water partition coefficient (Wildman–Crippen LogP) is 2.42. The van der Waals surface area contributed by atoms with E-state index in [1.807, 2.05) is 6.08 Å². The average molecular weight is 97.2 g/mol. The Bertz CT molecular complexity index is 46.0. The van der Waals surface area contributed by atoms with Gasteiger partial charge in [-0.05, 0) is 18.8 Å². The van der Waals surface area contributed by atoms with Crippen LogP contribution < -0.4 is 0 Å². The largest absolute Gasteiger partial charge is 0.103 e. The van der Waals surface area contributed by atoms with Crippen molar-refractivity contribution in [3.05, 3.63) is 19.1 Å². The van der Waals surface area contributed by atoms with E-state index in [9.17, 15) is 0 Å². The minimum atomic E-state index is 0.657. The van der Waals surface area contributed by atoms with Gasteiger partial charge in [-0.25, -0.2) is 0 Å². The van der Waals surface area contributed by atoms with E-state index < -0.39 is 0 Å². The molecule has 41 valence electrons. The van der Waals surface area contributed by atoms with Crippen molar-refractivity contribution in [1.29, 1.82) is 0 Å². The van der Waals surface area contributed by atoms with E-state index in [2.05, 4.69) is 26.8 Å². The lowest BCUT2D eigenvalue weighted by atomic mass is 10.1. The Hall–Kier alpha value is -0.260. The molecular formula is C7H13. The maximum atomic E-state index is 3.66. The topological polar surface area (TPSA) is 0 Å². The third-order valence-corrected chi connectivity index (χ3v) is 1.01. The molecule has 0 saturated carbocycles. The van der Waals surface area contributed by atoms with Gasteiger partial charge in [-0.1, -0.05) is 19.9 Å². The first-order chi connectivity index (χ1) is 3.31. The maximum absolute atomic E-state index is 3.66. The molecule has 7 heavy (non-hydrogen) atoms. The molecule has 0 bridgehead atoms. The Morgan fingerprint density at radius 1 is 1.71 bits per heavy atom. The molecule has 0 aliphatic rings. The Morgan fingerprint density at radius 3 is 2.43 bits per heavy atom. The molecule has 0 heteroatoms. The van der Waals surface area contributed by atoms with Crippen LogP contribution >= 0.6 is 0 Å². The summed E-state index contributed by atoms with van der Waals surface area (Å²) in [6.07, 6.45) is 5.29. The Balaban J connectivity index is 2.98. The summed E-state index contributed by atoms with van der Waals surface area (Å²) in [5.74, 6) is 0.657. The smallest absolute Gasteiger partial charge is 0.0262 e. The van der Waals surface area contributed by atoms with E-state index in [-0.39, 0.29) is 0 Å². The first-order valence-electron chi connectivity index (χ1n) is 2.71. The van der Waals surface area contributed by atoms with Crippen molar-refractivity contribution in [3.63, 3.8) is 0 Å². The van der Waals surface area contributed by atoms with Crippen molar-refractivity contribution in [2.45, 2.75) is 20.3 Å². The summed E-state index contributed by atoms with van der Waals surface area (Å²) in [7, 11) is 0. The van der Waals surface area contributed by atoms with E-state index in [0.717, 1.165) is 6.42 Å². The summed E-state index contributed by atoms with van der Waals surface area (Å²) >= 11 is 0.